The summed E-state index contributed by atoms with van der Waals surface area (Å²) in [4.78, 5) is 39.6. The molecule has 1 N–H and O–H groups in total. The number of hydrogen-bond donors (Lipinski definition) is 1. The maximum absolute atomic E-state index is 14.3. The molecule has 0 aliphatic heterocycles. The number of nitro groups is 1. The molecule has 0 aliphatic carbocycles. The number of rotatable bonds is 12. The van der Waals surface area contributed by atoms with Crippen LogP contribution in [0.1, 0.15) is 16.7 Å². The highest BCUT2D eigenvalue weighted by molar-refractivity contribution is 7.92. The van der Waals surface area contributed by atoms with Crippen molar-refractivity contribution in [3.63, 3.8) is 0 Å². The molecule has 11 heteroatoms. The second kappa shape index (κ2) is 13.8. The van der Waals surface area contributed by atoms with Gasteiger partial charge in [0.25, 0.3) is 15.7 Å². The van der Waals surface area contributed by atoms with Crippen molar-refractivity contribution in [2.75, 3.05) is 17.9 Å². The fourth-order valence-corrected chi connectivity index (χ4v) is 6.12. The van der Waals surface area contributed by atoms with E-state index in [-0.39, 0.29) is 29.2 Å². The largest absolute Gasteiger partial charge is 0.357 e. The van der Waals surface area contributed by atoms with E-state index in [0.29, 0.717) is 0 Å². The number of benzene rings is 4. The molecule has 0 spiro atoms. The number of likely N-dealkylation sites (N-methyl/N-ethyl adjacent to an activating group) is 1. The first-order valence-corrected chi connectivity index (χ1v) is 15.0. The molecular weight excluding hydrogens is 568 g/mol. The van der Waals surface area contributed by atoms with Crippen molar-refractivity contribution in [3.05, 3.63) is 136 Å². The summed E-state index contributed by atoms with van der Waals surface area (Å²) < 4.78 is 28.7. The van der Waals surface area contributed by atoms with Gasteiger partial charge in [0.1, 0.15) is 12.6 Å². The van der Waals surface area contributed by atoms with E-state index < -0.39 is 39.3 Å². The van der Waals surface area contributed by atoms with Crippen molar-refractivity contribution < 1.29 is 22.9 Å². The van der Waals surface area contributed by atoms with E-state index in [4.69, 9.17) is 0 Å². The molecule has 1 unspecified atom stereocenters. The van der Waals surface area contributed by atoms with Crippen molar-refractivity contribution in [3.8, 4) is 0 Å². The fourth-order valence-electron chi connectivity index (χ4n) is 4.68. The fraction of sp³-hybridized carbons (Fsp3) is 0.188. The van der Waals surface area contributed by atoms with Gasteiger partial charge in [-0.05, 0) is 47.9 Å². The zero-order chi connectivity index (χ0) is 31.0. The zero-order valence-corrected chi connectivity index (χ0v) is 24.6. The Morgan fingerprint density at radius 1 is 0.860 bits per heavy atom. The summed E-state index contributed by atoms with van der Waals surface area (Å²) in [5.74, 6) is -1.02. The number of nitrogens with zero attached hydrogens (tertiary/aromatic N) is 3. The number of amides is 2. The van der Waals surface area contributed by atoms with Gasteiger partial charge >= 0.3 is 0 Å². The molecular formula is C32H32N4O6S. The Morgan fingerprint density at radius 3 is 2.02 bits per heavy atom. The smallest absolute Gasteiger partial charge is 0.269 e. The van der Waals surface area contributed by atoms with Crippen molar-refractivity contribution in [2.24, 2.45) is 0 Å². The number of sulfonamides is 1. The van der Waals surface area contributed by atoms with Crippen molar-refractivity contribution in [2.45, 2.75) is 30.8 Å². The first-order chi connectivity index (χ1) is 20.6. The molecule has 43 heavy (non-hydrogen) atoms. The summed E-state index contributed by atoms with van der Waals surface area (Å²) in [6.45, 7) is 1.30. The average Bonchev–Trinajstić information content (AvgIpc) is 3.02. The standard InChI is InChI=1S/C32H32N4O6S/c1-24-11-9-10-14-26(24)22-34(30(32(38)33-2)21-25-12-5-3-6-13-25)31(37)23-35(27-17-19-28(20-18-27)36(39)40)43(41,42)29-15-7-4-8-16-29/h3-20,30H,21-23H2,1-2H3,(H,33,38). The number of hydrogen-bond acceptors (Lipinski definition) is 6. The molecule has 4 aromatic rings. The lowest BCUT2D eigenvalue weighted by Crippen LogP contribution is -2.53. The molecule has 4 rings (SSSR count). The van der Waals surface area contributed by atoms with Crippen LogP contribution in [0.3, 0.4) is 0 Å². The maximum Gasteiger partial charge on any atom is 0.269 e. The molecule has 1 atom stereocenters. The Balaban J connectivity index is 1.80. The molecule has 0 heterocycles. The van der Waals surface area contributed by atoms with Gasteiger partial charge in [-0.25, -0.2) is 8.42 Å². The second-order valence-corrected chi connectivity index (χ2v) is 11.7. The van der Waals surface area contributed by atoms with Gasteiger partial charge in [0, 0.05) is 32.1 Å². The van der Waals surface area contributed by atoms with Crippen LogP contribution in [0, 0.1) is 17.0 Å². The van der Waals surface area contributed by atoms with E-state index in [1.807, 2.05) is 61.5 Å². The van der Waals surface area contributed by atoms with Gasteiger partial charge in [-0.15, -0.1) is 0 Å². The number of carbonyl (C=O) groups excluding carboxylic acids is 2. The average molecular weight is 601 g/mol. The molecule has 0 aromatic heterocycles. The summed E-state index contributed by atoms with van der Waals surface area (Å²) >= 11 is 0. The van der Waals surface area contributed by atoms with Gasteiger partial charge < -0.3 is 10.2 Å². The molecule has 0 bridgehead atoms. The monoisotopic (exact) mass is 600 g/mol. The topological polar surface area (TPSA) is 130 Å². The van der Waals surface area contributed by atoms with E-state index in [1.165, 1.54) is 48.3 Å². The molecule has 0 aliphatic rings. The van der Waals surface area contributed by atoms with E-state index in [0.717, 1.165) is 21.0 Å². The van der Waals surface area contributed by atoms with Crippen LogP contribution in [0.25, 0.3) is 0 Å². The quantitative estimate of drug-likeness (QED) is 0.189. The molecule has 222 valence electrons. The Labute approximate surface area is 250 Å². The number of non-ortho nitro benzene ring substituents is 1. The van der Waals surface area contributed by atoms with E-state index in [1.54, 1.807) is 18.2 Å². The third-order valence-electron chi connectivity index (χ3n) is 7.08. The first kappa shape index (κ1) is 30.9. The van der Waals surface area contributed by atoms with Crippen molar-refractivity contribution in [1.29, 1.82) is 0 Å². The van der Waals surface area contributed by atoms with Gasteiger partial charge in [0.15, 0.2) is 0 Å². The summed E-state index contributed by atoms with van der Waals surface area (Å²) in [6, 6.07) is 28.3. The summed E-state index contributed by atoms with van der Waals surface area (Å²) in [7, 11) is -2.81. The van der Waals surface area contributed by atoms with Gasteiger partial charge in [0.05, 0.1) is 15.5 Å². The van der Waals surface area contributed by atoms with Crippen LogP contribution in [0.5, 0.6) is 0 Å². The van der Waals surface area contributed by atoms with Gasteiger partial charge in [-0.1, -0.05) is 72.8 Å². The third kappa shape index (κ3) is 7.44. The molecule has 4 aromatic carbocycles. The SMILES string of the molecule is CNC(=O)C(Cc1ccccc1)N(Cc1ccccc1C)C(=O)CN(c1ccc([N+](=O)[O-])cc1)S(=O)(=O)c1ccccc1. The first-order valence-electron chi connectivity index (χ1n) is 13.5. The van der Waals surface area contributed by atoms with E-state index >= 15 is 0 Å². The minimum atomic E-state index is -4.29. The zero-order valence-electron chi connectivity index (χ0n) is 23.8. The molecule has 0 saturated carbocycles. The van der Waals surface area contributed by atoms with Crippen LogP contribution in [0.4, 0.5) is 11.4 Å². The third-order valence-corrected chi connectivity index (χ3v) is 8.87. The summed E-state index contributed by atoms with van der Waals surface area (Å²) in [5, 5.41) is 13.9. The Morgan fingerprint density at radius 2 is 1.44 bits per heavy atom. The lowest BCUT2D eigenvalue weighted by molar-refractivity contribution is -0.384. The van der Waals surface area contributed by atoms with Crippen LogP contribution >= 0.6 is 0 Å². The van der Waals surface area contributed by atoms with Gasteiger partial charge in [-0.2, -0.15) is 0 Å². The molecule has 0 fully saturated rings. The van der Waals surface area contributed by atoms with E-state index in [2.05, 4.69) is 5.32 Å². The van der Waals surface area contributed by atoms with Crippen LogP contribution in [-0.2, 0) is 32.6 Å². The van der Waals surface area contributed by atoms with Crippen LogP contribution in [0.2, 0.25) is 0 Å². The van der Waals surface area contributed by atoms with Crippen LogP contribution in [-0.4, -0.2) is 49.7 Å². The molecule has 10 nitrogen and oxygen atoms in total. The number of carbonyl (C=O) groups is 2. The van der Waals surface area contributed by atoms with Crippen molar-refractivity contribution >= 4 is 33.2 Å². The molecule has 2 amide bonds. The Bertz CT molecular complexity index is 1680. The van der Waals surface area contributed by atoms with E-state index in [9.17, 15) is 28.1 Å². The predicted octanol–water partition coefficient (Wildman–Crippen LogP) is 4.48. The number of nitro benzene ring substituents is 1. The molecule has 0 saturated heterocycles. The maximum atomic E-state index is 14.3. The van der Waals surface area contributed by atoms with Crippen molar-refractivity contribution in [1.82, 2.24) is 10.2 Å². The Hall–Kier alpha value is -5.03. The second-order valence-electron chi connectivity index (χ2n) is 9.87. The van der Waals surface area contributed by atoms with Gasteiger partial charge in [0.2, 0.25) is 11.8 Å². The van der Waals surface area contributed by atoms with Gasteiger partial charge in [-0.3, -0.25) is 24.0 Å². The summed E-state index contributed by atoms with van der Waals surface area (Å²) in [5.41, 5.74) is 2.36. The predicted molar refractivity (Wildman–Crippen MR) is 164 cm³/mol. The lowest BCUT2D eigenvalue weighted by Gasteiger charge is -2.34. The highest BCUT2D eigenvalue weighted by Gasteiger charge is 2.34. The highest BCUT2D eigenvalue weighted by atomic mass is 32.2. The van der Waals surface area contributed by atoms with Crippen LogP contribution in [0.15, 0.2) is 114 Å². The normalized spacial score (nSPS) is 11.8. The number of anilines is 1. The minimum absolute atomic E-state index is 0.0515. The minimum Gasteiger partial charge on any atom is -0.357 e. The molecule has 0 radical (unpaired) electrons. The Kier molecular flexibility index (Phi) is 9.89. The lowest BCUT2D eigenvalue weighted by atomic mass is 10.0. The highest BCUT2D eigenvalue weighted by Crippen LogP contribution is 2.27. The van der Waals surface area contributed by atoms with Crippen LogP contribution < -0.4 is 9.62 Å². The summed E-state index contributed by atoms with van der Waals surface area (Å²) in [6.07, 6.45) is 0.196. The number of nitrogens with one attached hydrogen (secondary N) is 1. The number of aryl methyl sites for hydroxylation is 1.